The Hall–Kier alpha value is -2.50. The first kappa shape index (κ1) is 19.8. The van der Waals surface area contributed by atoms with Gasteiger partial charge in [-0.2, -0.15) is 4.98 Å². The first-order valence-electron chi connectivity index (χ1n) is 8.97. The molecule has 2 aromatic heterocycles. The van der Waals surface area contributed by atoms with Gasteiger partial charge in [0.1, 0.15) is 29.6 Å². The molecule has 0 spiro atoms. The summed E-state index contributed by atoms with van der Waals surface area (Å²) in [4.78, 5) is 22.9. The van der Waals surface area contributed by atoms with Crippen LogP contribution >= 0.6 is 11.6 Å². The number of anilines is 1. The Balaban J connectivity index is 1.67. The number of aromatic nitrogens is 4. The van der Waals surface area contributed by atoms with Crippen molar-refractivity contribution in [3.05, 3.63) is 51.2 Å². The van der Waals surface area contributed by atoms with Crippen molar-refractivity contribution < 1.29 is 20.1 Å². The number of H-pyrrole nitrogens is 1. The van der Waals surface area contributed by atoms with E-state index in [1.165, 1.54) is 10.9 Å². The number of ether oxygens (including phenoxy) is 1. The number of hydrogen-bond donors (Lipinski definition) is 5. The van der Waals surface area contributed by atoms with Gasteiger partial charge in [-0.05, 0) is 30.2 Å². The molecule has 10 nitrogen and oxygen atoms in total. The third kappa shape index (κ3) is 3.61. The van der Waals surface area contributed by atoms with Crippen LogP contribution < -0.4 is 11.0 Å². The lowest BCUT2D eigenvalue weighted by atomic mass is 10.1. The highest BCUT2D eigenvalue weighted by atomic mass is 35.5. The van der Waals surface area contributed by atoms with Crippen LogP contribution in [0, 0.1) is 6.92 Å². The molecule has 4 atom stereocenters. The molecule has 29 heavy (non-hydrogen) atoms. The Kier molecular flexibility index (Phi) is 5.28. The van der Waals surface area contributed by atoms with Crippen LogP contribution in [0.2, 0.25) is 5.02 Å². The summed E-state index contributed by atoms with van der Waals surface area (Å²) in [5.41, 5.74) is 1.91. The van der Waals surface area contributed by atoms with E-state index in [4.69, 9.17) is 16.3 Å². The van der Waals surface area contributed by atoms with E-state index < -0.39 is 36.8 Å². The molecule has 4 rings (SSSR count). The van der Waals surface area contributed by atoms with Gasteiger partial charge in [0, 0.05) is 11.6 Å². The van der Waals surface area contributed by atoms with E-state index in [1.807, 2.05) is 19.1 Å². The van der Waals surface area contributed by atoms with Crippen LogP contribution in [0.1, 0.15) is 17.4 Å². The summed E-state index contributed by atoms with van der Waals surface area (Å²) in [6, 6.07) is 5.54. The number of benzene rings is 1. The predicted molar refractivity (Wildman–Crippen MR) is 105 cm³/mol. The van der Waals surface area contributed by atoms with Crippen molar-refractivity contribution in [3.8, 4) is 0 Å². The third-order valence-corrected chi connectivity index (χ3v) is 5.24. The van der Waals surface area contributed by atoms with Gasteiger partial charge in [0.05, 0.1) is 12.9 Å². The molecule has 0 radical (unpaired) electrons. The van der Waals surface area contributed by atoms with Gasteiger partial charge in [0.15, 0.2) is 11.9 Å². The summed E-state index contributed by atoms with van der Waals surface area (Å²) in [7, 11) is 0. The average Bonchev–Trinajstić information content (AvgIpc) is 3.23. The largest absolute Gasteiger partial charge is 0.394 e. The van der Waals surface area contributed by atoms with Crippen molar-refractivity contribution in [1.82, 2.24) is 19.5 Å². The summed E-state index contributed by atoms with van der Waals surface area (Å²) in [5, 5.41) is 33.3. The van der Waals surface area contributed by atoms with Crippen LogP contribution in [0.5, 0.6) is 0 Å². The number of aryl methyl sites for hydroxylation is 1. The molecule has 1 aliphatic rings. The lowest BCUT2D eigenvalue weighted by Gasteiger charge is -2.16. The molecule has 0 bridgehead atoms. The number of imidazole rings is 1. The lowest BCUT2D eigenvalue weighted by molar-refractivity contribution is -0.0511. The number of aliphatic hydroxyl groups excluding tert-OH is 3. The third-order valence-electron chi connectivity index (χ3n) is 5.00. The highest BCUT2D eigenvalue weighted by molar-refractivity contribution is 6.30. The van der Waals surface area contributed by atoms with Crippen LogP contribution in [-0.2, 0) is 11.3 Å². The predicted octanol–water partition coefficient (Wildman–Crippen LogP) is 0.305. The fourth-order valence-corrected chi connectivity index (χ4v) is 3.56. The van der Waals surface area contributed by atoms with E-state index in [9.17, 15) is 20.1 Å². The van der Waals surface area contributed by atoms with Gasteiger partial charge in [0.25, 0.3) is 0 Å². The Bertz CT molecular complexity index is 1100. The van der Waals surface area contributed by atoms with Gasteiger partial charge in [-0.15, -0.1) is 0 Å². The minimum absolute atomic E-state index is 0.175. The summed E-state index contributed by atoms with van der Waals surface area (Å²) in [6.07, 6.45) is -3.20. The van der Waals surface area contributed by atoms with Crippen molar-refractivity contribution in [2.24, 2.45) is 0 Å². The summed E-state index contributed by atoms with van der Waals surface area (Å²) < 4.78 is 6.88. The summed E-state index contributed by atoms with van der Waals surface area (Å²) in [5.74, 6) is 0.352. The molecule has 0 amide bonds. The van der Waals surface area contributed by atoms with E-state index in [2.05, 4.69) is 20.3 Å². The zero-order valence-electron chi connectivity index (χ0n) is 15.4. The van der Waals surface area contributed by atoms with Crippen molar-refractivity contribution in [3.63, 3.8) is 0 Å². The molecule has 154 valence electrons. The second-order valence-electron chi connectivity index (χ2n) is 6.89. The zero-order valence-corrected chi connectivity index (χ0v) is 16.2. The van der Waals surface area contributed by atoms with Crippen LogP contribution in [-0.4, -0.2) is 59.8 Å². The van der Waals surface area contributed by atoms with Gasteiger partial charge in [0.2, 0.25) is 0 Å². The Labute approximate surface area is 169 Å². The fraction of sp³-hybridized carbons (Fsp3) is 0.389. The highest BCUT2D eigenvalue weighted by Crippen LogP contribution is 2.32. The number of rotatable bonds is 5. The van der Waals surface area contributed by atoms with E-state index in [0.717, 1.165) is 11.1 Å². The van der Waals surface area contributed by atoms with Crippen molar-refractivity contribution >= 4 is 28.6 Å². The second-order valence-corrected chi connectivity index (χ2v) is 7.33. The van der Waals surface area contributed by atoms with E-state index >= 15 is 0 Å². The Morgan fingerprint density at radius 3 is 2.86 bits per heavy atom. The molecular weight excluding hydrogens is 402 g/mol. The molecular formula is C18H20ClN5O5. The number of halogens is 1. The Morgan fingerprint density at radius 1 is 1.34 bits per heavy atom. The second kappa shape index (κ2) is 7.73. The maximum atomic E-state index is 12.1. The standard InChI is InChI=1S/C18H20ClN5O5/c1-8-2-3-10(19)4-9(8)5-20-15-12-16(23-18(28)22-15)24(7-21-12)17-14(27)13(26)11(6-25)29-17/h2-4,7,11,13-14,17,25-27H,5-6H2,1H3,(H2,20,22,23,28). The van der Waals surface area contributed by atoms with Crippen LogP contribution in [0.25, 0.3) is 11.2 Å². The molecule has 4 unspecified atom stereocenters. The minimum atomic E-state index is -1.31. The van der Waals surface area contributed by atoms with Gasteiger partial charge in [-0.3, -0.25) is 9.55 Å². The van der Waals surface area contributed by atoms with Gasteiger partial charge < -0.3 is 25.4 Å². The maximum absolute atomic E-state index is 12.1. The first-order chi connectivity index (χ1) is 13.9. The van der Waals surface area contributed by atoms with Gasteiger partial charge in [-0.1, -0.05) is 17.7 Å². The normalized spacial score (nSPS) is 24.3. The molecule has 0 saturated carbocycles. The van der Waals surface area contributed by atoms with Crippen LogP contribution in [0.3, 0.4) is 0 Å². The monoisotopic (exact) mass is 421 g/mol. The molecule has 3 heterocycles. The number of aromatic amines is 1. The lowest BCUT2D eigenvalue weighted by Crippen LogP contribution is -2.33. The van der Waals surface area contributed by atoms with Crippen molar-refractivity contribution in [2.45, 2.75) is 38.0 Å². The van der Waals surface area contributed by atoms with Crippen LogP contribution in [0.15, 0.2) is 29.3 Å². The molecule has 1 aliphatic heterocycles. The number of fused-ring (bicyclic) bond motifs is 1. The van der Waals surface area contributed by atoms with Crippen molar-refractivity contribution in [1.29, 1.82) is 0 Å². The van der Waals surface area contributed by atoms with Crippen LogP contribution in [0.4, 0.5) is 5.82 Å². The van der Waals surface area contributed by atoms with E-state index in [1.54, 1.807) is 6.07 Å². The summed E-state index contributed by atoms with van der Waals surface area (Å²) >= 11 is 6.06. The molecule has 1 fully saturated rings. The van der Waals surface area contributed by atoms with Crippen molar-refractivity contribution in [2.75, 3.05) is 11.9 Å². The SMILES string of the molecule is Cc1ccc(Cl)cc1CNc1[nH]c(=O)nc2c1ncn2C1OC(CO)C(O)C1O. The molecule has 3 aromatic rings. The van der Waals surface area contributed by atoms with Gasteiger partial charge in [-0.25, -0.2) is 9.78 Å². The van der Waals surface area contributed by atoms with E-state index in [-0.39, 0.29) is 5.65 Å². The highest BCUT2D eigenvalue weighted by Gasteiger charge is 2.44. The first-order valence-corrected chi connectivity index (χ1v) is 9.35. The smallest absolute Gasteiger partial charge is 0.348 e. The fourth-order valence-electron chi connectivity index (χ4n) is 3.37. The maximum Gasteiger partial charge on any atom is 0.348 e. The minimum Gasteiger partial charge on any atom is -0.394 e. The number of aliphatic hydroxyl groups is 3. The van der Waals surface area contributed by atoms with E-state index in [0.29, 0.717) is 22.9 Å². The average molecular weight is 422 g/mol. The molecule has 1 saturated heterocycles. The number of nitrogens with one attached hydrogen (secondary N) is 2. The Morgan fingerprint density at radius 2 is 2.14 bits per heavy atom. The molecule has 5 N–H and O–H groups in total. The van der Waals surface area contributed by atoms with Gasteiger partial charge >= 0.3 is 5.69 Å². The topological polar surface area (TPSA) is 146 Å². The number of nitrogens with zero attached hydrogens (tertiary/aromatic N) is 3. The molecule has 11 heteroatoms. The quantitative estimate of drug-likeness (QED) is 0.395. The molecule has 0 aliphatic carbocycles. The number of hydrogen-bond acceptors (Lipinski definition) is 8. The summed E-state index contributed by atoms with van der Waals surface area (Å²) in [6.45, 7) is 1.89. The molecule has 1 aromatic carbocycles. The zero-order chi connectivity index (χ0) is 20.7.